The molecule has 0 amide bonds. The summed E-state index contributed by atoms with van der Waals surface area (Å²) in [6.07, 6.45) is -6.52. The Balaban J connectivity index is 2.20. The van der Waals surface area contributed by atoms with E-state index in [1.54, 1.807) is 0 Å². The smallest absolute Gasteiger partial charge is 0.356 e. The number of aromatic nitrogens is 2. The van der Waals surface area contributed by atoms with Crippen LogP contribution in [0.3, 0.4) is 0 Å². The molecular formula is C9H12FN3O5. The van der Waals surface area contributed by atoms with Crippen molar-refractivity contribution in [2.45, 2.75) is 30.7 Å². The molecule has 0 radical (unpaired) electrons. The number of carboxylic acids is 1. The number of nitrogens with zero attached hydrogens (tertiary/aromatic N) is 1. The fourth-order valence-corrected chi connectivity index (χ4v) is 1.77. The van der Waals surface area contributed by atoms with Crippen molar-refractivity contribution in [3.05, 3.63) is 17.7 Å². The van der Waals surface area contributed by atoms with Crippen molar-refractivity contribution in [1.82, 2.24) is 9.97 Å². The Kier molecular flexibility index (Phi) is 3.30. The molecule has 8 nitrogen and oxygen atoms in total. The Morgan fingerprint density at radius 3 is 2.78 bits per heavy atom. The van der Waals surface area contributed by atoms with Crippen LogP contribution in [0.1, 0.15) is 22.4 Å². The monoisotopic (exact) mass is 261 g/mol. The zero-order valence-electron chi connectivity index (χ0n) is 9.02. The van der Waals surface area contributed by atoms with E-state index in [1.807, 2.05) is 0 Å². The molecular weight excluding hydrogens is 249 g/mol. The number of hydrogen-bond donors (Lipinski definition) is 5. The van der Waals surface area contributed by atoms with Gasteiger partial charge < -0.3 is 30.8 Å². The summed E-state index contributed by atoms with van der Waals surface area (Å²) >= 11 is 0. The van der Waals surface area contributed by atoms with Gasteiger partial charge in [0.15, 0.2) is 11.9 Å². The molecule has 5 atom stereocenters. The number of hydrogen-bond acceptors (Lipinski definition) is 6. The Morgan fingerprint density at radius 2 is 2.33 bits per heavy atom. The summed E-state index contributed by atoms with van der Waals surface area (Å²) in [5.74, 6) is -1.36. The minimum Gasteiger partial charge on any atom is -0.476 e. The highest BCUT2D eigenvalue weighted by molar-refractivity contribution is 5.85. The van der Waals surface area contributed by atoms with Gasteiger partial charge in [-0.2, -0.15) is 0 Å². The lowest BCUT2D eigenvalue weighted by molar-refractivity contribution is -0.0648. The molecule has 2 heterocycles. The first-order valence-corrected chi connectivity index (χ1v) is 5.11. The molecule has 2 rings (SSSR count). The molecule has 1 aromatic rings. The zero-order chi connectivity index (χ0) is 13.4. The average Bonchev–Trinajstić information content (AvgIpc) is 2.86. The minimum atomic E-state index is -1.86. The third kappa shape index (κ3) is 2.08. The minimum absolute atomic E-state index is 0.0814. The lowest BCUT2D eigenvalue weighted by Crippen LogP contribution is -2.42. The van der Waals surface area contributed by atoms with Gasteiger partial charge in [0.1, 0.15) is 30.4 Å². The van der Waals surface area contributed by atoms with Gasteiger partial charge in [-0.1, -0.05) is 0 Å². The highest BCUT2D eigenvalue weighted by atomic mass is 19.1. The normalized spacial score (nSPS) is 33.6. The number of alkyl halides is 1. The van der Waals surface area contributed by atoms with Gasteiger partial charge in [-0.15, -0.1) is 0 Å². The van der Waals surface area contributed by atoms with Gasteiger partial charge >= 0.3 is 5.97 Å². The SMILES string of the molecule is NC(O)[C@H]1O[C@@H](c2nc(C(=O)O)c[nH]2)[C@H](F)[C@@H]1O. The fraction of sp³-hybridized carbons (Fsp3) is 0.556. The van der Waals surface area contributed by atoms with E-state index in [0.717, 1.165) is 6.20 Å². The van der Waals surface area contributed by atoms with Crippen molar-refractivity contribution >= 4 is 5.97 Å². The topological polar surface area (TPSA) is 142 Å². The third-order valence-electron chi connectivity index (χ3n) is 2.68. The number of H-pyrrole nitrogens is 1. The summed E-state index contributed by atoms with van der Waals surface area (Å²) in [5, 5.41) is 27.3. The van der Waals surface area contributed by atoms with Crippen LogP contribution >= 0.6 is 0 Å². The lowest BCUT2D eigenvalue weighted by Gasteiger charge is -2.16. The van der Waals surface area contributed by atoms with Crippen molar-refractivity contribution in [3.8, 4) is 0 Å². The number of carbonyl (C=O) groups is 1. The molecule has 1 saturated heterocycles. The van der Waals surface area contributed by atoms with Gasteiger partial charge in [-0.3, -0.25) is 0 Å². The Labute approximate surface area is 100 Å². The highest BCUT2D eigenvalue weighted by Crippen LogP contribution is 2.34. The number of ether oxygens (including phenoxy) is 1. The molecule has 1 unspecified atom stereocenters. The van der Waals surface area contributed by atoms with E-state index in [9.17, 15) is 14.3 Å². The predicted octanol–water partition coefficient (Wildman–Crippen LogP) is -1.48. The Morgan fingerprint density at radius 1 is 1.67 bits per heavy atom. The van der Waals surface area contributed by atoms with E-state index in [4.69, 9.17) is 20.7 Å². The molecule has 1 fully saturated rings. The van der Waals surface area contributed by atoms with Gasteiger partial charge in [0, 0.05) is 6.20 Å². The average molecular weight is 261 g/mol. The number of aliphatic hydroxyl groups is 2. The number of nitrogens with two attached hydrogens (primary N) is 1. The molecule has 0 aliphatic carbocycles. The van der Waals surface area contributed by atoms with Gasteiger partial charge in [-0.25, -0.2) is 14.2 Å². The van der Waals surface area contributed by atoms with Crippen LogP contribution in [0.2, 0.25) is 0 Å². The number of rotatable bonds is 3. The molecule has 0 bridgehead atoms. The number of aromatic amines is 1. The molecule has 0 aromatic carbocycles. The largest absolute Gasteiger partial charge is 0.476 e. The van der Waals surface area contributed by atoms with Crippen LogP contribution in [0.5, 0.6) is 0 Å². The number of nitrogens with one attached hydrogen (secondary N) is 1. The third-order valence-corrected chi connectivity index (χ3v) is 2.68. The second-order valence-corrected chi connectivity index (χ2v) is 3.92. The van der Waals surface area contributed by atoms with Crippen LogP contribution in [0, 0.1) is 0 Å². The van der Waals surface area contributed by atoms with Crippen molar-refractivity contribution in [2.75, 3.05) is 0 Å². The Hall–Kier alpha value is -1.55. The molecule has 18 heavy (non-hydrogen) atoms. The summed E-state index contributed by atoms with van der Waals surface area (Å²) in [6.45, 7) is 0. The second-order valence-electron chi connectivity index (χ2n) is 3.92. The van der Waals surface area contributed by atoms with E-state index in [-0.39, 0.29) is 11.5 Å². The maximum absolute atomic E-state index is 13.7. The quantitative estimate of drug-likeness (QED) is 0.418. The van der Waals surface area contributed by atoms with E-state index in [1.165, 1.54) is 0 Å². The molecule has 0 saturated carbocycles. The maximum atomic E-state index is 13.7. The molecule has 9 heteroatoms. The molecule has 6 N–H and O–H groups in total. The van der Waals surface area contributed by atoms with E-state index in [2.05, 4.69) is 9.97 Å². The summed E-state index contributed by atoms with van der Waals surface area (Å²) < 4.78 is 18.8. The lowest BCUT2D eigenvalue weighted by atomic mass is 10.1. The zero-order valence-corrected chi connectivity index (χ0v) is 9.02. The van der Waals surface area contributed by atoms with E-state index in [0.29, 0.717) is 0 Å². The number of carboxylic acid groups (broad SMARTS) is 1. The van der Waals surface area contributed by atoms with E-state index < -0.39 is 36.7 Å². The molecule has 1 aliphatic rings. The second kappa shape index (κ2) is 4.61. The van der Waals surface area contributed by atoms with Gasteiger partial charge in [0.05, 0.1) is 0 Å². The van der Waals surface area contributed by atoms with Crippen molar-refractivity contribution < 1.29 is 29.2 Å². The Bertz CT molecular complexity index is 451. The van der Waals surface area contributed by atoms with Crippen LogP contribution in [0.25, 0.3) is 0 Å². The number of aromatic carboxylic acids is 1. The number of halogens is 1. The summed E-state index contributed by atoms with van der Waals surface area (Å²) in [4.78, 5) is 16.7. The molecule has 1 aromatic heterocycles. The van der Waals surface area contributed by atoms with Crippen molar-refractivity contribution in [3.63, 3.8) is 0 Å². The van der Waals surface area contributed by atoms with Crippen LogP contribution in [-0.2, 0) is 4.74 Å². The van der Waals surface area contributed by atoms with Crippen LogP contribution < -0.4 is 5.73 Å². The highest BCUT2D eigenvalue weighted by Gasteiger charge is 2.48. The first kappa shape index (κ1) is 12.9. The fourth-order valence-electron chi connectivity index (χ4n) is 1.77. The number of imidazole rings is 1. The van der Waals surface area contributed by atoms with Crippen LogP contribution in [-0.4, -0.2) is 55.9 Å². The van der Waals surface area contributed by atoms with Crippen LogP contribution in [0.4, 0.5) is 4.39 Å². The number of aliphatic hydroxyl groups excluding tert-OH is 2. The van der Waals surface area contributed by atoms with Gasteiger partial charge in [0.2, 0.25) is 0 Å². The maximum Gasteiger partial charge on any atom is 0.356 e. The first-order chi connectivity index (χ1) is 8.41. The standard InChI is InChI=1S/C9H12FN3O5/c10-3-4(14)6(7(11)15)18-5(3)8-12-1-2(13-8)9(16)17/h1,3-7,14-15H,11H2,(H,12,13)(H,16,17)/t3-,4+,5-,6+,7?/m1/s1. The summed E-state index contributed by atoms with van der Waals surface area (Å²) in [5.41, 5.74) is 4.82. The summed E-state index contributed by atoms with van der Waals surface area (Å²) in [7, 11) is 0. The van der Waals surface area contributed by atoms with Gasteiger partial charge in [0.25, 0.3) is 0 Å². The predicted molar refractivity (Wildman–Crippen MR) is 54.3 cm³/mol. The van der Waals surface area contributed by atoms with E-state index >= 15 is 0 Å². The van der Waals surface area contributed by atoms with Gasteiger partial charge in [-0.05, 0) is 0 Å². The van der Waals surface area contributed by atoms with Crippen molar-refractivity contribution in [2.24, 2.45) is 5.73 Å². The van der Waals surface area contributed by atoms with Crippen molar-refractivity contribution in [1.29, 1.82) is 0 Å². The molecule has 1 aliphatic heterocycles. The first-order valence-electron chi connectivity index (χ1n) is 5.11. The molecule has 100 valence electrons. The van der Waals surface area contributed by atoms with Crippen LogP contribution in [0.15, 0.2) is 6.20 Å². The molecule has 0 spiro atoms. The summed E-state index contributed by atoms with van der Waals surface area (Å²) in [6, 6.07) is 0.